The topological polar surface area (TPSA) is 46.3 Å². The van der Waals surface area contributed by atoms with E-state index in [-0.39, 0.29) is 12.0 Å². The number of hydrogen-bond donors (Lipinski definition) is 1. The number of nitrogens with two attached hydrogens (primary N) is 1. The second-order valence-corrected chi connectivity index (χ2v) is 6.66. The van der Waals surface area contributed by atoms with Gasteiger partial charge in [-0.3, -0.25) is 4.79 Å². The number of likely N-dealkylation sites (tertiary alicyclic amines) is 1. The van der Waals surface area contributed by atoms with E-state index in [1.807, 2.05) is 0 Å². The van der Waals surface area contributed by atoms with Gasteiger partial charge in [0.05, 0.1) is 5.92 Å². The summed E-state index contributed by atoms with van der Waals surface area (Å²) < 4.78 is 0. The fourth-order valence-corrected chi connectivity index (χ4v) is 4.59. The van der Waals surface area contributed by atoms with Gasteiger partial charge in [0, 0.05) is 19.1 Å². The molecule has 2 aliphatic carbocycles. The number of fused-ring (bicyclic) bond motifs is 2. The lowest BCUT2D eigenvalue weighted by atomic mass is 9.84. The predicted octanol–water partition coefficient (Wildman–Crippen LogP) is 2.01. The number of rotatable bonds is 3. The molecule has 0 aromatic carbocycles. The first kappa shape index (κ1) is 12.5. The van der Waals surface area contributed by atoms with Gasteiger partial charge in [0.1, 0.15) is 0 Å². The smallest absolute Gasteiger partial charge is 0.227 e. The Labute approximate surface area is 110 Å². The number of carbonyl (C=O) groups is 1. The molecule has 2 N–H and O–H groups in total. The minimum Gasteiger partial charge on any atom is -0.342 e. The second kappa shape index (κ2) is 4.84. The Morgan fingerprint density at radius 2 is 2.06 bits per heavy atom. The molecule has 102 valence electrons. The summed E-state index contributed by atoms with van der Waals surface area (Å²) in [5.41, 5.74) is 6.28. The monoisotopic (exact) mass is 250 g/mol. The van der Waals surface area contributed by atoms with Crippen molar-refractivity contribution < 1.29 is 4.79 Å². The van der Waals surface area contributed by atoms with E-state index < -0.39 is 0 Å². The van der Waals surface area contributed by atoms with Crippen molar-refractivity contribution in [2.75, 3.05) is 13.1 Å². The fraction of sp³-hybridized carbons (Fsp3) is 0.933. The van der Waals surface area contributed by atoms with Crippen molar-refractivity contribution in [2.45, 2.75) is 51.5 Å². The molecule has 0 radical (unpaired) electrons. The standard InChI is InChI=1S/C15H26N2O/c1-2-3-10-6-7-17(9-10)15(18)13-11-4-5-12(8-11)14(13)16/h10-14H,2-9,16H2,1H3. The summed E-state index contributed by atoms with van der Waals surface area (Å²) in [7, 11) is 0. The molecule has 2 bridgehead atoms. The average molecular weight is 250 g/mol. The van der Waals surface area contributed by atoms with Gasteiger partial charge in [0.25, 0.3) is 0 Å². The van der Waals surface area contributed by atoms with Crippen molar-refractivity contribution >= 4 is 5.91 Å². The fourth-order valence-electron chi connectivity index (χ4n) is 4.59. The first-order valence-corrected chi connectivity index (χ1v) is 7.75. The zero-order valence-electron chi connectivity index (χ0n) is 11.5. The molecule has 5 unspecified atom stereocenters. The van der Waals surface area contributed by atoms with Crippen molar-refractivity contribution in [3.05, 3.63) is 0 Å². The van der Waals surface area contributed by atoms with Gasteiger partial charge in [0.2, 0.25) is 5.91 Å². The summed E-state index contributed by atoms with van der Waals surface area (Å²) >= 11 is 0. The predicted molar refractivity (Wildman–Crippen MR) is 71.9 cm³/mol. The molecule has 0 spiro atoms. The number of nitrogens with zero attached hydrogens (tertiary/aromatic N) is 1. The quantitative estimate of drug-likeness (QED) is 0.833. The number of amides is 1. The van der Waals surface area contributed by atoms with Crippen molar-refractivity contribution in [3.8, 4) is 0 Å². The molecule has 3 aliphatic rings. The summed E-state index contributed by atoms with van der Waals surface area (Å²) in [6.07, 6.45) is 7.42. The molecule has 0 aromatic rings. The largest absolute Gasteiger partial charge is 0.342 e. The SMILES string of the molecule is CCCC1CCN(C(=O)C2C3CCC(C3)C2N)C1. The minimum absolute atomic E-state index is 0.154. The molecule has 5 atom stereocenters. The highest BCUT2D eigenvalue weighted by molar-refractivity contribution is 5.80. The molecule has 1 amide bonds. The molecule has 2 saturated carbocycles. The molecule has 3 heteroatoms. The van der Waals surface area contributed by atoms with Gasteiger partial charge in [-0.05, 0) is 49.9 Å². The summed E-state index contributed by atoms with van der Waals surface area (Å²) in [6.45, 7) is 4.20. The van der Waals surface area contributed by atoms with Gasteiger partial charge >= 0.3 is 0 Å². The van der Waals surface area contributed by atoms with Crippen molar-refractivity contribution in [1.29, 1.82) is 0 Å². The number of carbonyl (C=O) groups excluding carboxylic acids is 1. The van der Waals surface area contributed by atoms with E-state index in [0.717, 1.165) is 19.0 Å². The van der Waals surface area contributed by atoms with Crippen LogP contribution in [-0.4, -0.2) is 29.9 Å². The van der Waals surface area contributed by atoms with E-state index >= 15 is 0 Å². The summed E-state index contributed by atoms with van der Waals surface area (Å²) in [5.74, 6) is 2.52. The lowest BCUT2D eigenvalue weighted by molar-refractivity contribution is -0.136. The normalized spacial score (nSPS) is 42.8. The van der Waals surface area contributed by atoms with Crippen LogP contribution in [0.1, 0.15) is 45.4 Å². The third-order valence-corrected chi connectivity index (χ3v) is 5.56. The third-order valence-electron chi connectivity index (χ3n) is 5.56. The molecule has 3 rings (SSSR count). The maximum atomic E-state index is 12.6. The number of hydrogen-bond acceptors (Lipinski definition) is 2. The lowest BCUT2D eigenvalue weighted by Crippen LogP contribution is -2.46. The summed E-state index contributed by atoms with van der Waals surface area (Å²) in [5, 5.41) is 0. The van der Waals surface area contributed by atoms with Crippen LogP contribution < -0.4 is 5.73 Å². The first-order valence-electron chi connectivity index (χ1n) is 7.75. The Hall–Kier alpha value is -0.570. The van der Waals surface area contributed by atoms with E-state index in [0.29, 0.717) is 17.7 Å². The Bertz CT molecular complexity index is 328. The van der Waals surface area contributed by atoms with Gasteiger partial charge in [-0.2, -0.15) is 0 Å². The van der Waals surface area contributed by atoms with Crippen LogP contribution >= 0.6 is 0 Å². The van der Waals surface area contributed by atoms with Crippen LogP contribution in [0.2, 0.25) is 0 Å². The van der Waals surface area contributed by atoms with Crippen molar-refractivity contribution in [3.63, 3.8) is 0 Å². The van der Waals surface area contributed by atoms with E-state index in [9.17, 15) is 4.79 Å². The Kier molecular flexibility index (Phi) is 3.35. The Morgan fingerprint density at radius 3 is 2.72 bits per heavy atom. The molecule has 0 aromatic heterocycles. The molecule has 1 saturated heterocycles. The maximum Gasteiger partial charge on any atom is 0.227 e. The maximum absolute atomic E-state index is 12.6. The van der Waals surface area contributed by atoms with Gasteiger partial charge in [0.15, 0.2) is 0 Å². The van der Waals surface area contributed by atoms with Crippen molar-refractivity contribution in [1.82, 2.24) is 4.90 Å². The second-order valence-electron chi connectivity index (χ2n) is 6.66. The van der Waals surface area contributed by atoms with Crippen LogP contribution in [0.25, 0.3) is 0 Å². The molecular formula is C15H26N2O. The van der Waals surface area contributed by atoms with Gasteiger partial charge in [-0.1, -0.05) is 13.3 Å². The van der Waals surface area contributed by atoms with E-state index in [1.54, 1.807) is 0 Å². The molecule has 3 nitrogen and oxygen atoms in total. The third kappa shape index (κ3) is 1.97. The molecule has 1 aliphatic heterocycles. The highest BCUT2D eigenvalue weighted by atomic mass is 16.2. The Morgan fingerprint density at radius 1 is 1.28 bits per heavy atom. The van der Waals surface area contributed by atoms with E-state index in [2.05, 4.69) is 11.8 Å². The zero-order valence-corrected chi connectivity index (χ0v) is 11.5. The summed E-state index contributed by atoms with van der Waals surface area (Å²) in [6, 6.07) is 0.154. The van der Waals surface area contributed by atoms with E-state index in [4.69, 9.17) is 5.73 Å². The molecular weight excluding hydrogens is 224 g/mol. The molecule has 18 heavy (non-hydrogen) atoms. The van der Waals surface area contributed by atoms with Gasteiger partial charge < -0.3 is 10.6 Å². The Balaban J connectivity index is 1.62. The zero-order chi connectivity index (χ0) is 12.7. The first-order chi connectivity index (χ1) is 8.70. The van der Waals surface area contributed by atoms with Crippen LogP contribution in [0.3, 0.4) is 0 Å². The van der Waals surface area contributed by atoms with Crippen molar-refractivity contribution in [2.24, 2.45) is 29.4 Å². The average Bonchev–Trinajstić information content (AvgIpc) is 3.03. The van der Waals surface area contributed by atoms with Crippen LogP contribution in [0, 0.1) is 23.7 Å². The van der Waals surface area contributed by atoms with Crippen LogP contribution in [-0.2, 0) is 4.79 Å². The molecule has 1 heterocycles. The van der Waals surface area contributed by atoms with Crippen LogP contribution in [0.5, 0.6) is 0 Å². The highest BCUT2D eigenvalue weighted by Gasteiger charge is 2.50. The van der Waals surface area contributed by atoms with Crippen LogP contribution in [0.15, 0.2) is 0 Å². The van der Waals surface area contributed by atoms with Gasteiger partial charge in [-0.15, -0.1) is 0 Å². The summed E-state index contributed by atoms with van der Waals surface area (Å²) in [4.78, 5) is 14.8. The van der Waals surface area contributed by atoms with Crippen LogP contribution in [0.4, 0.5) is 0 Å². The van der Waals surface area contributed by atoms with E-state index in [1.165, 1.54) is 38.5 Å². The molecule has 3 fully saturated rings. The highest BCUT2D eigenvalue weighted by Crippen LogP contribution is 2.48. The minimum atomic E-state index is 0.154. The lowest BCUT2D eigenvalue weighted by Gasteiger charge is -2.30. The van der Waals surface area contributed by atoms with Gasteiger partial charge in [-0.25, -0.2) is 0 Å².